The Morgan fingerprint density at radius 1 is 1.03 bits per heavy atom. The van der Waals surface area contributed by atoms with Crippen molar-refractivity contribution in [3.63, 3.8) is 0 Å². The van der Waals surface area contributed by atoms with Gasteiger partial charge in [-0.15, -0.1) is 0 Å². The summed E-state index contributed by atoms with van der Waals surface area (Å²) in [4.78, 5) is 15.6. The molecule has 0 bridgehead atoms. The van der Waals surface area contributed by atoms with E-state index in [2.05, 4.69) is 22.3 Å². The van der Waals surface area contributed by atoms with Crippen molar-refractivity contribution in [1.82, 2.24) is 10.2 Å². The number of rotatable bonds is 7. The normalized spacial score (nSPS) is 17.9. The van der Waals surface area contributed by atoms with Crippen LogP contribution in [-0.4, -0.2) is 52.0 Å². The number of methoxy groups -OCH3 is 1. The van der Waals surface area contributed by atoms with Crippen LogP contribution in [0.25, 0.3) is 0 Å². The van der Waals surface area contributed by atoms with Crippen molar-refractivity contribution in [3.05, 3.63) is 89.5 Å². The number of hydrogen-bond donors (Lipinski definition) is 1. The van der Waals surface area contributed by atoms with Crippen molar-refractivity contribution in [2.75, 3.05) is 31.0 Å². The van der Waals surface area contributed by atoms with Gasteiger partial charge >= 0.3 is 0 Å². The quantitative estimate of drug-likeness (QED) is 0.548. The van der Waals surface area contributed by atoms with Gasteiger partial charge in [0, 0.05) is 32.2 Å². The van der Waals surface area contributed by atoms with Crippen LogP contribution in [0.2, 0.25) is 0 Å². The van der Waals surface area contributed by atoms with Crippen LogP contribution in [0.1, 0.15) is 27.9 Å². The summed E-state index contributed by atoms with van der Waals surface area (Å²) in [6, 6.07) is 22.2. The van der Waals surface area contributed by atoms with Crippen molar-refractivity contribution >= 4 is 21.6 Å². The number of carbonyl (C=O) groups is 1. The van der Waals surface area contributed by atoms with Crippen LogP contribution in [-0.2, 0) is 23.0 Å². The van der Waals surface area contributed by atoms with Gasteiger partial charge in [0.2, 0.25) is 0 Å². The van der Waals surface area contributed by atoms with Gasteiger partial charge < -0.3 is 10.1 Å². The third-order valence-corrected chi connectivity index (χ3v) is 8.51. The number of para-hydroxylation sites is 1. The third kappa shape index (κ3) is 4.76. The molecule has 5 rings (SSSR count). The molecule has 2 aliphatic rings. The molecule has 35 heavy (non-hydrogen) atoms. The van der Waals surface area contributed by atoms with Gasteiger partial charge in [-0.05, 0) is 48.2 Å². The van der Waals surface area contributed by atoms with Gasteiger partial charge in [-0.25, -0.2) is 8.42 Å². The van der Waals surface area contributed by atoms with E-state index in [9.17, 15) is 13.2 Å². The highest BCUT2D eigenvalue weighted by Crippen LogP contribution is 2.34. The van der Waals surface area contributed by atoms with Gasteiger partial charge in [0.1, 0.15) is 5.75 Å². The van der Waals surface area contributed by atoms with Crippen molar-refractivity contribution in [1.29, 1.82) is 0 Å². The second-order valence-corrected chi connectivity index (χ2v) is 10.9. The van der Waals surface area contributed by atoms with Gasteiger partial charge in [0.25, 0.3) is 15.9 Å². The fourth-order valence-electron chi connectivity index (χ4n) is 4.91. The number of fused-ring (bicyclic) bond motifs is 1. The van der Waals surface area contributed by atoms with Gasteiger partial charge in [-0.2, -0.15) is 0 Å². The van der Waals surface area contributed by atoms with E-state index in [1.54, 1.807) is 6.07 Å². The summed E-state index contributed by atoms with van der Waals surface area (Å²) in [5.74, 6) is 0.0229. The number of nitrogens with zero attached hydrogens (tertiary/aromatic N) is 2. The molecule has 0 spiro atoms. The van der Waals surface area contributed by atoms with E-state index >= 15 is 0 Å². The Bertz CT molecular complexity index is 1330. The zero-order valence-corrected chi connectivity index (χ0v) is 20.5. The molecule has 0 aromatic heterocycles. The molecular weight excluding hydrogens is 462 g/mol. The van der Waals surface area contributed by atoms with Crippen LogP contribution in [0.3, 0.4) is 0 Å². The van der Waals surface area contributed by atoms with E-state index in [1.165, 1.54) is 29.1 Å². The molecule has 0 saturated carbocycles. The first-order valence-electron chi connectivity index (χ1n) is 11.8. The van der Waals surface area contributed by atoms with E-state index in [0.29, 0.717) is 24.4 Å². The molecule has 0 unspecified atom stereocenters. The third-order valence-electron chi connectivity index (χ3n) is 6.70. The molecule has 182 valence electrons. The predicted molar refractivity (Wildman–Crippen MR) is 135 cm³/mol. The number of anilines is 1. The number of likely N-dealkylation sites (tertiary alicyclic amines) is 1. The molecule has 8 heteroatoms. The van der Waals surface area contributed by atoms with Crippen LogP contribution in [0.5, 0.6) is 5.75 Å². The first-order valence-corrected chi connectivity index (χ1v) is 13.3. The smallest absolute Gasteiger partial charge is 0.264 e. The highest BCUT2D eigenvalue weighted by atomic mass is 32.2. The molecule has 7 nitrogen and oxygen atoms in total. The summed E-state index contributed by atoms with van der Waals surface area (Å²) in [5.41, 5.74) is 3.16. The monoisotopic (exact) mass is 491 g/mol. The van der Waals surface area contributed by atoms with E-state index in [0.717, 1.165) is 31.6 Å². The average molecular weight is 492 g/mol. The minimum absolute atomic E-state index is 0.0124. The molecule has 1 N–H and O–H groups in total. The topological polar surface area (TPSA) is 79.0 Å². The Kier molecular flexibility index (Phi) is 6.49. The first-order chi connectivity index (χ1) is 17.0. The second-order valence-electron chi connectivity index (χ2n) is 9.00. The van der Waals surface area contributed by atoms with Crippen LogP contribution < -0.4 is 14.4 Å². The van der Waals surface area contributed by atoms with Crippen LogP contribution in [0, 0.1) is 0 Å². The summed E-state index contributed by atoms with van der Waals surface area (Å²) in [6.45, 7) is 2.85. The fourth-order valence-corrected chi connectivity index (χ4v) is 6.44. The van der Waals surface area contributed by atoms with Crippen LogP contribution >= 0.6 is 0 Å². The van der Waals surface area contributed by atoms with Crippen molar-refractivity contribution < 1.29 is 17.9 Å². The molecular formula is C27H29N3O4S. The molecule has 0 radical (unpaired) electrons. The fraction of sp³-hybridized carbons (Fsp3) is 0.296. The lowest BCUT2D eigenvalue weighted by atomic mass is 10.1. The van der Waals surface area contributed by atoms with Gasteiger partial charge in [-0.1, -0.05) is 48.5 Å². The Labute approximate surface area is 206 Å². The Morgan fingerprint density at radius 2 is 1.80 bits per heavy atom. The van der Waals surface area contributed by atoms with Gasteiger partial charge in [-0.3, -0.25) is 14.0 Å². The number of sulfonamides is 1. The summed E-state index contributed by atoms with van der Waals surface area (Å²) >= 11 is 0. The van der Waals surface area contributed by atoms with E-state index < -0.39 is 10.0 Å². The first kappa shape index (κ1) is 23.4. The van der Waals surface area contributed by atoms with Gasteiger partial charge in [0.15, 0.2) is 0 Å². The second kappa shape index (κ2) is 9.71. The lowest BCUT2D eigenvalue weighted by molar-refractivity contribution is 0.0934. The van der Waals surface area contributed by atoms with E-state index in [4.69, 9.17) is 4.74 Å². The zero-order chi connectivity index (χ0) is 24.4. The van der Waals surface area contributed by atoms with Crippen LogP contribution in [0.15, 0.2) is 77.7 Å². The minimum atomic E-state index is -3.81. The lowest BCUT2D eigenvalue weighted by Gasteiger charge is -2.21. The average Bonchev–Trinajstić information content (AvgIpc) is 3.51. The number of carbonyl (C=O) groups excluding carboxylic acids is 1. The summed E-state index contributed by atoms with van der Waals surface area (Å²) < 4.78 is 33.8. The van der Waals surface area contributed by atoms with Crippen molar-refractivity contribution in [2.24, 2.45) is 0 Å². The summed E-state index contributed by atoms with van der Waals surface area (Å²) in [5, 5.41) is 3.08. The molecule has 3 aromatic rings. The molecule has 1 fully saturated rings. The van der Waals surface area contributed by atoms with E-state index in [1.807, 2.05) is 42.5 Å². The highest BCUT2D eigenvalue weighted by molar-refractivity contribution is 7.92. The summed E-state index contributed by atoms with van der Waals surface area (Å²) in [6.07, 6.45) is 1.50. The predicted octanol–water partition coefficient (Wildman–Crippen LogP) is 3.45. The molecule has 1 atom stereocenters. The van der Waals surface area contributed by atoms with E-state index in [-0.39, 0.29) is 22.4 Å². The lowest BCUT2D eigenvalue weighted by Crippen LogP contribution is -2.37. The Hall–Kier alpha value is -3.36. The van der Waals surface area contributed by atoms with Crippen molar-refractivity contribution in [3.8, 4) is 5.75 Å². The minimum Gasteiger partial charge on any atom is -0.496 e. The Morgan fingerprint density at radius 3 is 2.60 bits per heavy atom. The number of benzene rings is 3. The number of ether oxygens (including phenoxy) is 1. The van der Waals surface area contributed by atoms with Crippen molar-refractivity contribution in [2.45, 2.75) is 30.3 Å². The molecule has 0 aliphatic carbocycles. The molecule has 3 aromatic carbocycles. The maximum Gasteiger partial charge on any atom is 0.264 e. The number of nitrogens with one attached hydrogen (secondary N) is 1. The number of hydrogen-bond acceptors (Lipinski definition) is 5. The SMILES string of the molecule is COc1ccc(S(=O)(=O)N2CCc3ccccc32)cc1C(=O)N[C@H]1CCN(Cc2ccccc2)C1. The number of amides is 1. The zero-order valence-electron chi connectivity index (χ0n) is 19.7. The van der Waals surface area contributed by atoms with Crippen LogP contribution in [0.4, 0.5) is 5.69 Å². The molecule has 1 saturated heterocycles. The Balaban J connectivity index is 1.32. The summed E-state index contributed by atoms with van der Waals surface area (Å²) in [7, 11) is -2.33. The standard InChI is InChI=1S/C27H29N3O4S/c1-34-26-12-11-23(35(32,33)30-16-13-21-9-5-6-10-25(21)30)17-24(26)27(31)28-22-14-15-29(19-22)18-20-7-3-2-4-8-20/h2-12,17,22H,13-16,18-19H2,1H3,(H,28,31)/t22-/m0/s1. The molecule has 2 heterocycles. The maximum absolute atomic E-state index is 13.5. The highest BCUT2D eigenvalue weighted by Gasteiger charge is 2.32. The van der Waals surface area contributed by atoms with Gasteiger partial charge in [0.05, 0.1) is 23.3 Å². The molecule has 1 amide bonds. The largest absolute Gasteiger partial charge is 0.496 e. The molecule has 2 aliphatic heterocycles. The maximum atomic E-state index is 13.5.